The topological polar surface area (TPSA) is 66.9 Å². The van der Waals surface area contributed by atoms with Gasteiger partial charge in [0.05, 0.1) is 19.2 Å². The molecule has 0 spiro atoms. The van der Waals surface area contributed by atoms with Gasteiger partial charge in [0.2, 0.25) is 5.91 Å². The lowest BCUT2D eigenvalue weighted by molar-refractivity contribution is -0.122. The van der Waals surface area contributed by atoms with Crippen LogP contribution < -0.4 is 9.64 Å². The van der Waals surface area contributed by atoms with E-state index in [0.717, 1.165) is 18.4 Å². The highest BCUT2D eigenvalue weighted by molar-refractivity contribution is 6.23. The zero-order valence-electron chi connectivity index (χ0n) is 17.5. The Hall–Kier alpha value is -3.15. The average Bonchev–Trinajstić information content (AvgIpc) is 3.54. The molecule has 1 saturated carbocycles. The van der Waals surface area contributed by atoms with E-state index in [4.69, 9.17) is 4.74 Å². The predicted molar refractivity (Wildman–Crippen MR) is 114 cm³/mol. The van der Waals surface area contributed by atoms with Crippen LogP contribution in [-0.4, -0.2) is 41.8 Å². The molecular weight excluding hydrogens is 380 g/mol. The van der Waals surface area contributed by atoms with Crippen molar-refractivity contribution in [2.75, 3.05) is 12.0 Å². The van der Waals surface area contributed by atoms with E-state index in [2.05, 4.69) is 13.8 Å². The lowest BCUT2D eigenvalue weighted by Crippen LogP contribution is -2.46. The second-order valence-electron chi connectivity index (χ2n) is 8.21. The summed E-state index contributed by atoms with van der Waals surface area (Å²) in [5.41, 5.74) is 2.16. The molecule has 1 atom stereocenters. The lowest BCUT2D eigenvalue weighted by atomic mass is 10.0. The molecule has 2 aliphatic rings. The van der Waals surface area contributed by atoms with Crippen molar-refractivity contribution in [3.63, 3.8) is 0 Å². The van der Waals surface area contributed by atoms with Crippen molar-refractivity contribution in [3.05, 3.63) is 59.7 Å². The Labute approximate surface area is 176 Å². The van der Waals surface area contributed by atoms with Gasteiger partial charge < -0.3 is 9.64 Å². The van der Waals surface area contributed by atoms with Gasteiger partial charge in [-0.1, -0.05) is 32.0 Å². The van der Waals surface area contributed by atoms with Gasteiger partial charge in [0, 0.05) is 11.6 Å². The monoisotopic (exact) mass is 406 g/mol. The summed E-state index contributed by atoms with van der Waals surface area (Å²) in [5, 5.41) is 0. The largest absolute Gasteiger partial charge is 0.497 e. The minimum absolute atomic E-state index is 0.00582. The van der Waals surface area contributed by atoms with Crippen LogP contribution in [-0.2, 0) is 9.59 Å². The van der Waals surface area contributed by atoms with Crippen LogP contribution in [0.5, 0.6) is 5.75 Å². The van der Waals surface area contributed by atoms with Crippen molar-refractivity contribution in [3.8, 4) is 5.75 Å². The van der Waals surface area contributed by atoms with Crippen molar-refractivity contribution < 1.29 is 19.1 Å². The Balaban J connectivity index is 1.61. The molecule has 0 bridgehead atoms. The Bertz CT molecular complexity index is 979. The number of amides is 3. The zero-order chi connectivity index (χ0) is 21.4. The summed E-state index contributed by atoms with van der Waals surface area (Å²) < 4.78 is 5.23. The van der Waals surface area contributed by atoms with E-state index >= 15 is 0 Å². The number of imide groups is 1. The van der Waals surface area contributed by atoms with E-state index in [9.17, 15) is 14.4 Å². The number of nitrogens with zero attached hydrogens (tertiary/aromatic N) is 2. The van der Waals surface area contributed by atoms with Gasteiger partial charge in [-0.05, 0) is 54.7 Å². The predicted octanol–water partition coefficient (Wildman–Crippen LogP) is 3.76. The van der Waals surface area contributed by atoms with E-state index in [-0.39, 0.29) is 30.2 Å². The van der Waals surface area contributed by atoms with E-state index in [0.29, 0.717) is 22.9 Å². The fraction of sp³-hybridized carbons (Fsp3) is 0.375. The van der Waals surface area contributed by atoms with Crippen LogP contribution in [0.2, 0.25) is 0 Å². The molecule has 2 fully saturated rings. The standard InChI is InChI=1S/C24H26N2O4/c1-15(2)16-7-9-19(10-8-16)26-22(27)14-21(24(26)29)25(18-11-12-18)23(28)17-5-4-6-20(13-17)30-3/h4-10,13,15,18,21H,11-12,14H2,1-3H3. The molecule has 1 heterocycles. The molecule has 0 aromatic heterocycles. The second kappa shape index (κ2) is 7.94. The molecule has 4 rings (SSSR count). The first kappa shape index (κ1) is 20.1. The first-order chi connectivity index (χ1) is 14.4. The third-order valence-corrected chi connectivity index (χ3v) is 5.77. The van der Waals surface area contributed by atoms with Crippen LogP contribution in [0.15, 0.2) is 48.5 Å². The van der Waals surface area contributed by atoms with E-state index < -0.39 is 6.04 Å². The Morgan fingerprint density at radius 3 is 2.40 bits per heavy atom. The first-order valence-electron chi connectivity index (χ1n) is 10.3. The molecule has 30 heavy (non-hydrogen) atoms. The highest BCUT2D eigenvalue weighted by Crippen LogP contribution is 2.35. The number of benzene rings is 2. The molecule has 1 aliphatic carbocycles. The van der Waals surface area contributed by atoms with Crippen molar-refractivity contribution in [1.29, 1.82) is 0 Å². The molecule has 0 radical (unpaired) electrons. The maximum atomic E-state index is 13.3. The van der Waals surface area contributed by atoms with Crippen molar-refractivity contribution in [2.45, 2.75) is 51.1 Å². The molecule has 3 amide bonds. The number of hydrogen-bond donors (Lipinski definition) is 0. The van der Waals surface area contributed by atoms with Gasteiger partial charge in [0.1, 0.15) is 11.8 Å². The number of rotatable bonds is 6. The van der Waals surface area contributed by atoms with E-state index in [1.165, 1.54) is 4.90 Å². The normalized spacial score (nSPS) is 18.8. The van der Waals surface area contributed by atoms with E-state index in [1.807, 2.05) is 12.1 Å². The smallest absolute Gasteiger partial charge is 0.257 e. The molecule has 6 heteroatoms. The zero-order valence-corrected chi connectivity index (χ0v) is 17.5. The maximum absolute atomic E-state index is 13.3. The number of carbonyl (C=O) groups excluding carboxylic acids is 3. The summed E-state index contributed by atoms with van der Waals surface area (Å²) in [4.78, 5) is 42.1. The highest BCUT2D eigenvalue weighted by atomic mass is 16.5. The van der Waals surface area contributed by atoms with Crippen LogP contribution in [0, 0.1) is 0 Å². The molecule has 2 aromatic carbocycles. The van der Waals surface area contributed by atoms with Crippen LogP contribution >= 0.6 is 0 Å². The number of methoxy groups -OCH3 is 1. The number of hydrogen-bond acceptors (Lipinski definition) is 4. The Morgan fingerprint density at radius 1 is 1.10 bits per heavy atom. The highest BCUT2D eigenvalue weighted by Gasteiger charge is 2.48. The SMILES string of the molecule is COc1cccc(C(=O)N(C2CC2)C2CC(=O)N(c3ccc(C(C)C)cc3)C2=O)c1. The van der Waals surface area contributed by atoms with E-state index in [1.54, 1.807) is 48.4 Å². The minimum atomic E-state index is -0.770. The van der Waals surface area contributed by atoms with Gasteiger partial charge in [0.25, 0.3) is 11.8 Å². The van der Waals surface area contributed by atoms with Gasteiger partial charge in [-0.15, -0.1) is 0 Å². The lowest BCUT2D eigenvalue weighted by Gasteiger charge is -2.28. The van der Waals surface area contributed by atoms with Crippen LogP contribution in [0.3, 0.4) is 0 Å². The number of anilines is 1. The van der Waals surface area contributed by atoms with Gasteiger partial charge in [-0.3, -0.25) is 14.4 Å². The van der Waals surface area contributed by atoms with Gasteiger partial charge in [-0.2, -0.15) is 0 Å². The maximum Gasteiger partial charge on any atom is 0.257 e. The summed E-state index contributed by atoms with van der Waals surface area (Å²) in [7, 11) is 1.55. The minimum Gasteiger partial charge on any atom is -0.497 e. The van der Waals surface area contributed by atoms with Gasteiger partial charge >= 0.3 is 0 Å². The van der Waals surface area contributed by atoms with Crippen LogP contribution in [0.4, 0.5) is 5.69 Å². The Kier molecular flexibility index (Phi) is 5.33. The number of ether oxygens (including phenoxy) is 1. The summed E-state index contributed by atoms with van der Waals surface area (Å²) >= 11 is 0. The fourth-order valence-electron chi connectivity index (χ4n) is 3.93. The second-order valence-corrected chi connectivity index (χ2v) is 8.21. The fourth-order valence-corrected chi connectivity index (χ4v) is 3.93. The van der Waals surface area contributed by atoms with Crippen LogP contribution in [0.25, 0.3) is 0 Å². The van der Waals surface area contributed by atoms with Crippen molar-refractivity contribution in [2.24, 2.45) is 0 Å². The first-order valence-corrected chi connectivity index (χ1v) is 10.3. The summed E-state index contributed by atoms with van der Waals surface area (Å²) in [5.74, 6) is 0.103. The molecule has 1 aliphatic heterocycles. The van der Waals surface area contributed by atoms with Crippen molar-refractivity contribution in [1.82, 2.24) is 4.90 Å². The summed E-state index contributed by atoms with van der Waals surface area (Å²) in [6, 6.07) is 13.6. The quantitative estimate of drug-likeness (QED) is 0.685. The third-order valence-electron chi connectivity index (χ3n) is 5.77. The van der Waals surface area contributed by atoms with Crippen LogP contribution in [0.1, 0.15) is 54.9 Å². The van der Waals surface area contributed by atoms with Gasteiger partial charge in [0.15, 0.2) is 0 Å². The summed E-state index contributed by atoms with van der Waals surface area (Å²) in [6.07, 6.45) is 1.70. The van der Waals surface area contributed by atoms with Gasteiger partial charge in [-0.25, -0.2) is 4.90 Å². The average molecular weight is 406 g/mol. The molecule has 156 valence electrons. The molecular formula is C24H26N2O4. The Morgan fingerprint density at radius 2 is 1.80 bits per heavy atom. The molecule has 1 saturated heterocycles. The molecule has 0 N–H and O–H groups in total. The number of carbonyl (C=O) groups is 3. The summed E-state index contributed by atoms with van der Waals surface area (Å²) in [6.45, 7) is 4.18. The molecule has 6 nitrogen and oxygen atoms in total. The third kappa shape index (κ3) is 3.70. The molecule has 1 unspecified atom stereocenters. The van der Waals surface area contributed by atoms with Crippen molar-refractivity contribution >= 4 is 23.4 Å². The molecule has 2 aromatic rings.